The number of benzene rings is 2. The molecule has 0 N–H and O–H groups in total. The summed E-state index contributed by atoms with van der Waals surface area (Å²) in [6.07, 6.45) is 0. The normalized spacial score (nSPS) is 16.5. The second-order valence-corrected chi connectivity index (χ2v) is 5.69. The van der Waals surface area contributed by atoms with E-state index < -0.39 is 0 Å². The summed E-state index contributed by atoms with van der Waals surface area (Å²) in [4.78, 5) is 6.87. The van der Waals surface area contributed by atoms with Gasteiger partial charge in [-0.25, -0.2) is 0 Å². The average molecular weight is 321 g/mol. The van der Waals surface area contributed by atoms with Crippen molar-refractivity contribution in [3.05, 3.63) is 70.2 Å². The fourth-order valence-corrected chi connectivity index (χ4v) is 2.87. The summed E-state index contributed by atoms with van der Waals surface area (Å²) in [6.45, 7) is 0.758. The number of aliphatic imine (C=N–C) groups is 1. The van der Waals surface area contributed by atoms with Gasteiger partial charge < -0.3 is 4.90 Å². The minimum absolute atomic E-state index is 0. The minimum Gasteiger partial charge on any atom is -0.366 e. The highest BCUT2D eigenvalue weighted by molar-refractivity contribution is 6.30. The molecule has 0 saturated heterocycles. The lowest BCUT2D eigenvalue weighted by Gasteiger charge is -2.30. The molecule has 0 aliphatic carbocycles. The molecule has 0 radical (unpaired) electrons. The predicted molar refractivity (Wildman–Crippen MR) is 91.8 cm³/mol. The Kier molecular flexibility index (Phi) is 4.92. The third kappa shape index (κ3) is 3.07. The van der Waals surface area contributed by atoms with Gasteiger partial charge >= 0.3 is 0 Å². The summed E-state index contributed by atoms with van der Waals surface area (Å²) in [5, 5.41) is 0.765. The van der Waals surface area contributed by atoms with Crippen molar-refractivity contribution in [1.82, 2.24) is 4.90 Å². The molecule has 2 aromatic carbocycles. The van der Waals surface area contributed by atoms with Crippen molar-refractivity contribution in [2.24, 2.45) is 4.99 Å². The highest BCUT2D eigenvalue weighted by atomic mass is 35.5. The molecule has 0 bridgehead atoms. The van der Waals surface area contributed by atoms with E-state index in [2.05, 4.69) is 55.4 Å². The minimum atomic E-state index is 0. The highest BCUT2D eigenvalue weighted by Crippen LogP contribution is 2.33. The molecule has 2 nitrogen and oxygen atoms in total. The van der Waals surface area contributed by atoms with E-state index in [1.54, 1.807) is 0 Å². The number of amidine groups is 1. The Hall–Kier alpha value is -1.51. The van der Waals surface area contributed by atoms with E-state index in [0.717, 1.165) is 17.4 Å². The number of likely N-dealkylation sites (N-methyl/N-ethyl adjacent to an activating group) is 1. The number of hydrogen-bond acceptors (Lipinski definition) is 2. The summed E-state index contributed by atoms with van der Waals surface area (Å²) in [5.41, 5.74) is 3.88. The maximum atomic E-state index is 6.01. The van der Waals surface area contributed by atoms with E-state index in [0.29, 0.717) is 0 Å². The SMILES string of the molecule is CN(C)C1=NCc2ccccc2C1c1ccc(Cl)cc1.Cl. The zero-order chi connectivity index (χ0) is 14.1. The Labute approximate surface area is 136 Å². The van der Waals surface area contributed by atoms with Crippen molar-refractivity contribution in [2.75, 3.05) is 14.1 Å². The fraction of sp³-hybridized carbons (Fsp3) is 0.235. The van der Waals surface area contributed by atoms with Crippen molar-refractivity contribution < 1.29 is 0 Å². The van der Waals surface area contributed by atoms with Crippen LogP contribution >= 0.6 is 24.0 Å². The van der Waals surface area contributed by atoms with Crippen molar-refractivity contribution >= 4 is 29.8 Å². The first kappa shape index (κ1) is 15.9. The van der Waals surface area contributed by atoms with Gasteiger partial charge in [0.2, 0.25) is 0 Å². The second kappa shape index (κ2) is 6.50. The Morgan fingerprint density at radius 1 is 1.05 bits per heavy atom. The zero-order valence-electron chi connectivity index (χ0n) is 12.1. The van der Waals surface area contributed by atoms with Crippen LogP contribution < -0.4 is 0 Å². The van der Waals surface area contributed by atoms with Crippen molar-refractivity contribution in [1.29, 1.82) is 0 Å². The number of nitrogens with zero attached hydrogens (tertiary/aromatic N) is 2. The van der Waals surface area contributed by atoms with Crippen molar-refractivity contribution in [3.8, 4) is 0 Å². The van der Waals surface area contributed by atoms with Crippen LogP contribution in [-0.4, -0.2) is 24.8 Å². The van der Waals surface area contributed by atoms with E-state index in [1.165, 1.54) is 16.7 Å². The van der Waals surface area contributed by atoms with Crippen LogP contribution in [0.15, 0.2) is 53.5 Å². The highest BCUT2D eigenvalue weighted by Gasteiger charge is 2.27. The summed E-state index contributed by atoms with van der Waals surface area (Å²) >= 11 is 6.01. The summed E-state index contributed by atoms with van der Waals surface area (Å²) in [7, 11) is 4.10. The third-order valence-corrected chi connectivity index (χ3v) is 3.95. The van der Waals surface area contributed by atoms with Gasteiger partial charge in [0.1, 0.15) is 5.84 Å². The molecule has 1 unspecified atom stereocenters. The monoisotopic (exact) mass is 320 g/mol. The van der Waals surface area contributed by atoms with Crippen molar-refractivity contribution in [3.63, 3.8) is 0 Å². The number of hydrogen-bond donors (Lipinski definition) is 0. The van der Waals surface area contributed by atoms with E-state index in [1.807, 2.05) is 12.1 Å². The Bertz CT molecular complexity index is 648. The van der Waals surface area contributed by atoms with E-state index in [4.69, 9.17) is 16.6 Å². The molecule has 2 aromatic rings. The lowest BCUT2D eigenvalue weighted by atomic mass is 9.85. The Balaban J connectivity index is 0.00000161. The lowest BCUT2D eigenvalue weighted by molar-refractivity contribution is 0.586. The topological polar surface area (TPSA) is 15.6 Å². The van der Waals surface area contributed by atoms with Gasteiger partial charge in [0.15, 0.2) is 0 Å². The third-order valence-electron chi connectivity index (χ3n) is 3.70. The standard InChI is InChI=1S/C17H17ClN2.ClH/c1-20(2)17-16(12-7-9-14(18)10-8-12)15-6-4-3-5-13(15)11-19-17;/h3-10,16H,11H2,1-2H3;1H. The second-order valence-electron chi connectivity index (χ2n) is 5.25. The average Bonchev–Trinajstić information content (AvgIpc) is 2.47. The van der Waals surface area contributed by atoms with Crippen LogP contribution in [-0.2, 0) is 6.54 Å². The van der Waals surface area contributed by atoms with Crippen molar-refractivity contribution in [2.45, 2.75) is 12.5 Å². The molecule has 110 valence electrons. The Morgan fingerprint density at radius 3 is 2.38 bits per heavy atom. The molecular weight excluding hydrogens is 303 g/mol. The lowest BCUT2D eigenvalue weighted by Crippen LogP contribution is -2.32. The number of halogens is 2. The molecule has 0 amide bonds. The van der Waals surface area contributed by atoms with Crippen LogP contribution in [0, 0.1) is 0 Å². The molecule has 0 saturated carbocycles. The van der Waals surface area contributed by atoms with Gasteiger partial charge in [0, 0.05) is 19.1 Å². The molecule has 0 fully saturated rings. The van der Waals surface area contributed by atoms with Crippen LogP contribution in [0.4, 0.5) is 0 Å². The van der Waals surface area contributed by atoms with Gasteiger partial charge in [-0.05, 0) is 28.8 Å². The first-order valence-electron chi connectivity index (χ1n) is 6.72. The smallest absolute Gasteiger partial charge is 0.111 e. The van der Waals surface area contributed by atoms with E-state index >= 15 is 0 Å². The fourth-order valence-electron chi connectivity index (χ4n) is 2.74. The molecule has 0 aromatic heterocycles. The first-order valence-corrected chi connectivity index (χ1v) is 7.09. The van der Waals surface area contributed by atoms with E-state index in [-0.39, 0.29) is 18.3 Å². The largest absolute Gasteiger partial charge is 0.366 e. The predicted octanol–water partition coefficient (Wildman–Crippen LogP) is 4.37. The van der Waals surface area contributed by atoms with Crippen LogP contribution in [0.1, 0.15) is 22.6 Å². The quantitative estimate of drug-likeness (QED) is 0.762. The molecule has 4 heteroatoms. The van der Waals surface area contributed by atoms with Crippen LogP contribution in [0.3, 0.4) is 0 Å². The van der Waals surface area contributed by atoms with Crippen LogP contribution in [0.25, 0.3) is 0 Å². The van der Waals surface area contributed by atoms with Gasteiger partial charge in [-0.3, -0.25) is 4.99 Å². The Morgan fingerprint density at radius 2 is 1.71 bits per heavy atom. The molecular formula is C17H18Cl2N2. The van der Waals surface area contributed by atoms with Gasteiger partial charge in [0.05, 0.1) is 12.5 Å². The summed E-state index contributed by atoms with van der Waals surface area (Å²) in [6, 6.07) is 16.6. The van der Waals surface area contributed by atoms with Crippen LogP contribution in [0.2, 0.25) is 5.02 Å². The van der Waals surface area contributed by atoms with E-state index in [9.17, 15) is 0 Å². The maximum Gasteiger partial charge on any atom is 0.111 e. The van der Waals surface area contributed by atoms with Gasteiger partial charge in [-0.15, -0.1) is 12.4 Å². The zero-order valence-corrected chi connectivity index (χ0v) is 13.7. The molecule has 3 rings (SSSR count). The molecule has 1 aliphatic heterocycles. The van der Waals surface area contributed by atoms with Crippen LogP contribution in [0.5, 0.6) is 0 Å². The first-order chi connectivity index (χ1) is 9.66. The number of rotatable bonds is 1. The molecule has 1 heterocycles. The number of fused-ring (bicyclic) bond motifs is 1. The molecule has 0 spiro atoms. The van der Waals surface area contributed by atoms with Gasteiger partial charge in [0.25, 0.3) is 0 Å². The molecule has 1 aliphatic rings. The molecule has 21 heavy (non-hydrogen) atoms. The summed E-state index contributed by atoms with van der Waals surface area (Å²) < 4.78 is 0. The van der Waals surface area contributed by atoms with Gasteiger partial charge in [-0.1, -0.05) is 48.0 Å². The maximum absolute atomic E-state index is 6.01. The van der Waals surface area contributed by atoms with Gasteiger partial charge in [-0.2, -0.15) is 0 Å². The molecule has 1 atom stereocenters. The summed E-state index contributed by atoms with van der Waals surface area (Å²) in [5.74, 6) is 1.29.